The van der Waals surface area contributed by atoms with Crippen LogP contribution in [0.25, 0.3) is 0 Å². The summed E-state index contributed by atoms with van der Waals surface area (Å²) in [6.45, 7) is 0. The molecule has 0 fully saturated rings. The molecule has 0 saturated carbocycles. The first-order valence-corrected chi connectivity index (χ1v) is 23.7. The first-order chi connectivity index (χ1) is 29.8. The Morgan fingerprint density at radius 2 is 0.617 bits per heavy atom. The van der Waals surface area contributed by atoms with E-state index in [2.05, 4.69) is 264 Å². The molecular formula is C55H43N3S2. The highest BCUT2D eigenvalue weighted by atomic mass is 32.3. The number of para-hydroxylation sites is 1. The maximum atomic E-state index is 4.01. The molecule has 0 aromatic heterocycles. The molecular weight excluding hydrogens is 767 g/mol. The summed E-state index contributed by atoms with van der Waals surface area (Å²) in [5.41, 5.74) is 5.80. The van der Waals surface area contributed by atoms with Gasteiger partial charge in [-0.1, -0.05) is 127 Å². The summed E-state index contributed by atoms with van der Waals surface area (Å²) in [5, 5.41) is 4.01. The smallest absolute Gasteiger partial charge is 0.187 e. The van der Waals surface area contributed by atoms with Gasteiger partial charge in [0.1, 0.15) is 0 Å². The van der Waals surface area contributed by atoms with E-state index < -0.39 is 20.1 Å². The third-order valence-corrected chi connectivity index (χ3v) is 19.6. The Bertz CT molecular complexity index is 2700. The molecule has 0 amide bonds. The Hall–Kier alpha value is -6.92. The summed E-state index contributed by atoms with van der Waals surface area (Å²) in [6, 6.07) is 92.1. The number of hydrogen-bond acceptors (Lipinski definition) is 3. The monoisotopic (exact) mass is 809 g/mol. The van der Waals surface area contributed by atoms with Gasteiger partial charge in [-0.2, -0.15) is 0 Å². The van der Waals surface area contributed by atoms with E-state index in [-0.39, 0.29) is 6.29 Å². The van der Waals surface area contributed by atoms with Crippen LogP contribution >= 0.6 is 20.1 Å². The zero-order valence-corrected chi connectivity index (χ0v) is 34.6. The largest absolute Gasteiger partial charge is 0.346 e. The minimum atomic E-state index is -1.92. The van der Waals surface area contributed by atoms with Crippen LogP contribution in [0.5, 0.6) is 0 Å². The maximum Gasteiger partial charge on any atom is 0.187 e. The molecule has 60 heavy (non-hydrogen) atoms. The lowest BCUT2D eigenvalue weighted by Gasteiger charge is -2.42. The molecule has 9 aromatic rings. The average Bonchev–Trinajstić information content (AvgIpc) is 3.86. The second-order valence-electron chi connectivity index (χ2n) is 15.0. The standard InChI is InChI=1S/C55H43N3S2/c1-8-22-42(23-9-1)57-52-39-37-50(60(46-30-16-5-17-31-46,47-32-18-6-19-33-47)48-34-20-7-21-35-48)41-54(52)58-53-40-49(36-38-51(53)56-55(57)58)59(43-24-10-2-11-25-43,44-26-12-3-13-27-44)45-28-14-4-15-29-45/h1-41,55-56H. The number of fused-ring (bicyclic) bond motifs is 5. The summed E-state index contributed by atoms with van der Waals surface area (Å²) in [4.78, 5) is 15.5. The highest BCUT2D eigenvalue weighted by Crippen LogP contribution is 2.76. The predicted octanol–water partition coefficient (Wildman–Crippen LogP) is 15.4. The van der Waals surface area contributed by atoms with Crippen molar-refractivity contribution >= 4 is 48.5 Å². The summed E-state index contributed by atoms with van der Waals surface area (Å²) in [7, 11) is -3.83. The quantitative estimate of drug-likeness (QED) is 0.157. The van der Waals surface area contributed by atoms with Crippen LogP contribution in [0.1, 0.15) is 0 Å². The predicted molar refractivity (Wildman–Crippen MR) is 251 cm³/mol. The van der Waals surface area contributed by atoms with Crippen molar-refractivity contribution in [3.63, 3.8) is 0 Å². The van der Waals surface area contributed by atoms with Gasteiger partial charge in [0.15, 0.2) is 6.29 Å². The summed E-state index contributed by atoms with van der Waals surface area (Å²) in [6.07, 6.45) is -0.160. The molecule has 0 aliphatic carbocycles. The van der Waals surface area contributed by atoms with Gasteiger partial charge in [-0.05, 0) is 121 Å². The van der Waals surface area contributed by atoms with Crippen molar-refractivity contribution in [1.29, 1.82) is 0 Å². The summed E-state index contributed by atoms with van der Waals surface area (Å²) >= 11 is 0. The third-order valence-electron chi connectivity index (χ3n) is 11.8. The van der Waals surface area contributed by atoms with E-state index in [1.54, 1.807) is 0 Å². The number of nitrogens with one attached hydrogen (secondary N) is 1. The first kappa shape index (κ1) is 36.2. The lowest BCUT2D eigenvalue weighted by atomic mass is 10.2. The lowest BCUT2D eigenvalue weighted by Crippen LogP contribution is -2.40. The van der Waals surface area contributed by atoms with Gasteiger partial charge >= 0.3 is 0 Å². The minimum Gasteiger partial charge on any atom is -0.346 e. The van der Waals surface area contributed by atoms with Gasteiger partial charge < -0.3 is 10.2 Å². The van der Waals surface area contributed by atoms with E-state index in [1.807, 2.05) is 0 Å². The Morgan fingerprint density at radius 3 is 1.00 bits per heavy atom. The second kappa shape index (κ2) is 15.0. The van der Waals surface area contributed by atoms with Crippen molar-refractivity contribution in [2.75, 3.05) is 15.1 Å². The molecule has 1 N–H and O–H groups in total. The highest BCUT2D eigenvalue weighted by Gasteiger charge is 2.45. The average molecular weight is 810 g/mol. The summed E-state index contributed by atoms with van der Waals surface area (Å²) < 4.78 is 0. The van der Waals surface area contributed by atoms with E-state index in [4.69, 9.17) is 0 Å². The van der Waals surface area contributed by atoms with E-state index in [9.17, 15) is 0 Å². The van der Waals surface area contributed by atoms with Gasteiger partial charge in [0.2, 0.25) is 0 Å². The van der Waals surface area contributed by atoms with Crippen molar-refractivity contribution in [2.45, 2.75) is 45.5 Å². The third kappa shape index (κ3) is 5.61. The van der Waals surface area contributed by atoms with Gasteiger partial charge in [-0.3, -0.25) is 4.90 Å². The molecule has 2 aliphatic rings. The lowest BCUT2D eigenvalue weighted by molar-refractivity contribution is 0.808. The number of benzene rings is 9. The number of rotatable bonds is 9. The highest BCUT2D eigenvalue weighted by molar-refractivity contribution is 8.34. The van der Waals surface area contributed by atoms with Crippen LogP contribution in [-0.4, -0.2) is 6.29 Å². The van der Waals surface area contributed by atoms with Crippen LogP contribution in [0.15, 0.2) is 288 Å². The zero-order valence-electron chi connectivity index (χ0n) is 33.0. The number of hydrogen-bond donors (Lipinski definition) is 1. The number of anilines is 5. The SMILES string of the molecule is c1ccc(N2c3ccc(S(c4ccccc4)(c4ccccc4)c4ccccc4)cc3N3c4cc(S(c5ccccc5)(c5ccccc5)c5ccccc5)ccc4NC23)cc1. The van der Waals surface area contributed by atoms with Crippen LogP contribution < -0.4 is 15.1 Å². The normalized spacial score (nSPS) is 14.8. The van der Waals surface area contributed by atoms with Crippen molar-refractivity contribution in [3.05, 3.63) is 249 Å². The van der Waals surface area contributed by atoms with Gasteiger partial charge in [0.05, 0.1) is 22.7 Å². The topological polar surface area (TPSA) is 18.5 Å². The van der Waals surface area contributed by atoms with Gasteiger partial charge in [-0.15, -0.1) is 20.1 Å². The zero-order chi connectivity index (χ0) is 39.9. The van der Waals surface area contributed by atoms with Crippen LogP contribution in [0.2, 0.25) is 0 Å². The van der Waals surface area contributed by atoms with Crippen LogP contribution in [-0.2, 0) is 0 Å². The second-order valence-corrected chi connectivity index (χ2v) is 21.2. The molecule has 2 heterocycles. The molecule has 290 valence electrons. The van der Waals surface area contributed by atoms with E-state index in [0.29, 0.717) is 0 Å². The molecule has 0 bridgehead atoms. The Morgan fingerprint density at radius 1 is 0.283 bits per heavy atom. The van der Waals surface area contributed by atoms with Crippen LogP contribution in [0.4, 0.5) is 28.4 Å². The molecule has 2 aliphatic heterocycles. The molecule has 0 saturated heterocycles. The van der Waals surface area contributed by atoms with Crippen molar-refractivity contribution in [1.82, 2.24) is 0 Å². The number of nitrogens with zero attached hydrogens (tertiary/aromatic N) is 2. The molecule has 3 nitrogen and oxygen atoms in total. The molecule has 1 atom stereocenters. The Balaban J connectivity index is 1.18. The molecule has 11 rings (SSSR count). The van der Waals surface area contributed by atoms with Gasteiger partial charge in [0, 0.05) is 44.9 Å². The molecule has 0 spiro atoms. The molecule has 0 radical (unpaired) electrons. The fraction of sp³-hybridized carbons (Fsp3) is 0.0182. The fourth-order valence-corrected chi connectivity index (χ4v) is 17.1. The van der Waals surface area contributed by atoms with E-state index >= 15 is 0 Å². The molecule has 5 heteroatoms. The molecule has 1 unspecified atom stereocenters. The van der Waals surface area contributed by atoms with Crippen LogP contribution in [0, 0.1) is 0 Å². The van der Waals surface area contributed by atoms with Crippen molar-refractivity contribution < 1.29 is 0 Å². The van der Waals surface area contributed by atoms with Crippen LogP contribution in [0.3, 0.4) is 0 Å². The van der Waals surface area contributed by atoms with E-state index in [0.717, 1.165) is 11.4 Å². The Kier molecular flexibility index (Phi) is 9.06. The van der Waals surface area contributed by atoms with Gasteiger partial charge in [-0.25, -0.2) is 0 Å². The molecule has 9 aromatic carbocycles. The fourth-order valence-electron chi connectivity index (χ4n) is 9.27. The first-order valence-electron chi connectivity index (χ1n) is 20.4. The van der Waals surface area contributed by atoms with Crippen molar-refractivity contribution in [2.24, 2.45) is 0 Å². The van der Waals surface area contributed by atoms with E-state index in [1.165, 1.54) is 56.2 Å². The summed E-state index contributed by atoms with van der Waals surface area (Å²) in [5.74, 6) is 0. The van der Waals surface area contributed by atoms with Gasteiger partial charge in [0.25, 0.3) is 0 Å². The maximum absolute atomic E-state index is 4.01. The van der Waals surface area contributed by atoms with Crippen molar-refractivity contribution in [3.8, 4) is 0 Å². The Labute approximate surface area is 355 Å². The minimum absolute atomic E-state index is 0.160.